The number of rotatable bonds is 6. The van der Waals surface area contributed by atoms with Crippen LogP contribution >= 0.6 is 0 Å². The second-order valence-electron chi connectivity index (χ2n) is 6.29. The van der Waals surface area contributed by atoms with Crippen molar-refractivity contribution in [2.75, 3.05) is 18.1 Å². The monoisotopic (exact) mass is 312 g/mol. The fraction of sp³-hybridized carbons (Fsp3) is 0.667. The Bertz CT molecular complexity index is 564. The maximum Gasteiger partial charge on any atom is 0.243 e. The second-order valence-corrected chi connectivity index (χ2v) is 8.52. The second kappa shape index (κ2) is 6.64. The Labute approximate surface area is 126 Å². The smallest absolute Gasteiger partial charge is 0.243 e. The van der Waals surface area contributed by atoms with E-state index < -0.39 is 9.84 Å². The summed E-state index contributed by atoms with van der Waals surface area (Å²) < 4.78 is 24.8. The van der Waals surface area contributed by atoms with Crippen molar-refractivity contribution in [1.82, 2.24) is 9.88 Å². The molecule has 118 valence electrons. The van der Waals surface area contributed by atoms with Crippen molar-refractivity contribution in [2.45, 2.75) is 32.7 Å². The van der Waals surface area contributed by atoms with Crippen LogP contribution < -0.4 is 5.32 Å². The van der Waals surface area contributed by atoms with Crippen molar-refractivity contribution < 1.29 is 13.2 Å². The average molecular weight is 312 g/mol. The first-order chi connectivity index (χ1) is 9.87. The first-order valence-electron chi connectivity index (χ1n) is 7.48. The van der Waals surface area contributed by atoms with Gasteiger partial charge in [0.2, 0.25) is 5.91 Å². The molecule has 0 unspecified atom stereocenters. The summed E-state index contributed by atoms with van der Waals surface area (Å²) >= 11 is 0. The van der Waals surface area contributed by atoms with Crippen LogP contribution in [0.25, 0.3) is 0 Å². The lowest BCUT2D eigenvalue weighted by molar-refractivity contribution is -0.125. The highest BCUT2D eigenvalue weighted by Gasteiger charge is 2.29. The molecule has 0 aromatic carbocycles. The van der Waals surface area contributed by atoms with Crippen molar-refractivity contribution in [3.8, 4) is 0 Å². The van der Waals surface area contributed by atoms with Gasteiger partial charge in [0.05, 0.1) is 11.5 Å². The van der Waals surface area contributed by atoms with Gasteiger partial charge in [0.15, 0.2) is 9.84 Å². The Morgan fingerprint density at radius 3 is 2.52 bits per heavy atom. The molecule has 1 aliphatic rings. The summed E-state index contributed by atoms with van der Waals surface area (Å²) in [5, 5.41) is 2.93. The van der Waals surface area contributed by atoms with E-state index in [1.807, 2.05) is 29.1 Å². The number of hydrogen-bond acceptors (Lipinski definition) is 3. The summed E-state index contributed by atoms with van der Waals surface area (Å²) in [5.41, 5.74) is 0. The minimum Gasteiger partial charge on any atom is -0.354 e. The first kappa shape index (κ1) is 16.1. The van der Waals surface area contributed by atoms with Gasteiger partial charge in [0.25, 0.3) is 0 Å². The predicted octanol–water partition coefficient (Wildman–Crippen LogP) is 1.63. The number of carbonyl (C=O) groups is 1. The van der Waals surface area contributed by atoms with Gasteiger partial charge in [0.1, 0.15) is 6.04 Å². The normalized spacial score (nSPS) is 22.3. The minimum absolute atomic E-state index is 0.0239. The van der Waals surface area contributed by atoms with Crippen LogP contribution in [0.2, 0.25) is 0 Å². The van der Waals surface area contributed by atoms with Gasteiger partial charge >= 0.3 is 0 Å². The molecule has 21 heavy (non-hydrogen) atoms. The molecule has 5 nitrogen and oxygen atoms in total. The minimum atomic E-state index is -2.88. The van der Waals surface area contributed by atoms with E-state index in [0.29, 0.717) is 18.9 Å². The van der Waals surface area contributed by atoms with Gasteiger partial charge in [-0.05, 0) is 36.8 Å². The number of nitrogens with one attached hydrogen (secondary N) is 1. The first-order valence-corrected chi connectivity index (χ1v) is 9.30. The molecule has 2 atom stereocenters. The molecule has 0 aliphatic carbocycles. The topological polar surface area (TPSA) is 68.2 Å². The third kappa shape index (κ3) is 4.59. The quantitative estimate of drug-likeness (QED) is 0.868. The van der Waals surface area contributed by atoms with Gasteiger partial charge in [-0.2, -0.15) is 0 Å². The van der Waals surface area contributed by atoms with Gasteiger partial charge < -0.3 is 9.88 Å². The summed E-state index contributed by atoms with van der Waals surface area (Å²) in [4.78, 5) is 12.4. The summed E-state index contributed by atoms with van der Waals surface area (Å²) in [6.45, 7) is 4.63. The molecule has 0 radical (unpaired) electrons. The maximum atomic E-state index is 12.4. The molecule has 2 rings (SSSR count). The molecule has 6 heteroatoms. The van der Waals surface area contributed by atoms with E-state index >= 15 is 0 Å². The highest BCUT2D eigenvalue weighted by atomic mass is 32.2. The highest BCUT2D eigenvalue weighted by Crippen LogP contribution is 2.20. The number of aromatic nitrogens is 1. The van der Waals surface area contributed by atoms with Gasteiger partial charge in [-0.1, -0.05) is 13.8 Å². The number of nitrogens with zero attached hydrogens (tertiary/aromatic N) is 1. The van der Waals surface area contributed by atoms with Crippen LogP contribution in [0.15, 0.2) is 24.5 Å². The molecule has 1 aliphatic heterocycles. The standard InChI is InChI=1S/C15H24N2O3S/c1-12(2)9-14(17-6-3-4-7-17)15(18)16-10-13-5-8-21(19,20)11-13/h3-4,6-7,12-14H,5,8-11H2,1-2H3,(H,16,18)/t13-,14+/m1/s1. The summed E-state index contributed by atoms with van der Waals surface area (Å²) in [6.07, 6.45) is 5.21. The molecule has 0 saturated carbocycles. The number of sulfone groups is 1. The average Bonchev–Trinajstić information content (AvgIpc) is 3.02. The molecular weight excluding hydrogens is 288 g/mol. The lowest BCUT2D eigenvalue weighted by atomic mass is 10.0. The predicted molar refractivity (Wildman–Crippen MR) is 82.7 cm³/mol. The summed E-state index contributed by atoms with van der Waals surface area (Å²) in [7, 11) is -2.88. The fourth-order valence-electron chi connectivity index (χ4n) is 2.76. The van der Waals surface area contributed by atoms with Crippen LogP contribution in [-0.4, -0.2) is 36.9 Å². The number of hydrogen-bond donors (Lipinski definition) is 1. The van der Waals surface area contributed by atoms with Crippen molar-refractivity contribution in [3.05, 3.63) is 24.5 Å². The van der Waals surface area contributed by atoms with Crippen LogP contribution in [0, 0.1) is 11.8 Å². The number of amides is 1. The van der Waals surface area contributed by atoms with Gasteiger partial charge in [-0.15, -0.1) is 0 Å². The van der Waals surface area contributed by atoms with E-state index in [1.54, 1.807) is 0 Å². The largest absolute Gasteiger partial charge is 0.354 e. The zero-order chi connectivity index (χ0) is 15.5. The van der Waals surface area contributed by atoms with Gasteiger partial charge in [-0.3, -0.25) is 4.79 Å². The Hall–Kier alpha value is -1.30. The SMILES string of the molecule is CC(C)C[C@@H](C(=O)NC[C@H]1CCS(=O)(=O)C1)n1cccc1. The molecule has 1 aromatic rings. The van der Waals surface area contributed by atoms with Crippen LogP contribution in [0.3, 0.4) is 0 Å². The van der Waals surface area contributed by atoms with E-state index in [0.717, 1.165) is 6.42 Å². The number of carbonyl (C=O) groups excluding carboxylic acids is 1. The molecule has 1 aromatic heterocycles. The van der Waals surface area contributed by atoms with E-state index in [1.165, 1.54) is 0 Å². The molecule has 0 bridgehead atoms. The fourth-order valence-corrected chi connectivity index (χ4v) is 4.62. The molecule has 0 spiro atoms. The summed E-state index contributed by atoms with van der Waals surface area (Å²) in [6, 6.07) is 3.59. The van der Waals surface area contributed by atoms with E-state index in [9.17, 15) is 13.2 Å². The zero-order valence-corrected chi connectivity index (χ0v) is 13.5. The Morgan fingerprint density at radius 2 is 2.00 bits per heavy atom. The summed E-state index contributed by atoms with van der Waals surface area (Å²) in [5.74, 6) is 0.897. The van der Waals surface area contributed by atoms with Crippen LogP contribution in [-0.2, 0) is 14.6 Å². The van der Waals surface area contributed by atoms with Crippen LogP contribution in [0.5, 0.6) is 0 Å². The molecule has 1 saturated heterocycles. The van der Waals surface area contributed by atoms with E-state index in [4.69, 9.17) is 0 Å². The Morgan fingerprint density at radius 1 is 1.33 bits per heavy atom. The maximum absolute atomic E-state index is 12.4. The van der Waals surface area contributed by atoms with Crippen molar-refractivity contribution in [1.29, 1.82) is 0 Å². The highest BCUT2D eigenvalue weighted by molar-refractivity contribution is 7.91. The third-order valence-corrected chi connectivity index (χ3v) is 5.71. The molecular formula is C15H24N2O3S. The lowest BCUT2D eigenvalue weighted by Crippen LogP contribution is -2.36. The Balaban J connectivity index is 1.93. The van der Waals surface area contributed by atoms with Crippen molar-refractivity contribution in [2.24, 2.45) is 11.8 Å². The zero-order valence-electron chi connectivity index (χ0n) is 12.7. The van der Waals surface area contributed by atoms with Crippen LogP contribution in [0.1, 0.15) is 32.7 Å². The van der Waals surface area contributed by atoms with E-state index in [-0.39, 0.29) is 29.4 Å². The lowest BCUT2D eigenvalue weighted by Gasteiger charge is -2.21. The van der Waals surface area contributed by atoms with E-state index in [2.05, 4.69) is 19.2 Å². The van der Waals surface area contributed by atoms with Crippen molar-refractivity contribution >= 4 is 15.7 Å². The third-order valence-electron chi connectivity index (χ3n) is 3.88. The molecule has 1 amide bonds. The van der Waals surface area contributed by atoms with Gasteiger partial charge in [0, 0.05) is 18.9 Å². The van der Waals surface area contributed by atoms with Gasteiger partial charge in [-0.25, -0.2) is 8.42 Å². The molecule has 2 heterocycles. The molecule has 1 N–H and O–H groups in total. The Kier molecular flexibility index (Phi) is 5.08. The van der Waals surface area contributed by atoms with Crippen molar-refractivity contribution in [3.63, 3.8) is 0 Å². The van der Waals surface area contributed by atoms with Crippen LogP contribution in [0.4, 0.5) is 0 Å². The molecule has 1 fully saturated rings.